The van der Waals surface area contributed by atoms with Gasteiger partial charge in [0.2, 0.25) is 0 Å². The van der Waals surface area contributed by atoms with Crippen molar-refractivity contribution >= 4 is 45.0 Å². The lowest BCUT2D eigenvalue weighted by atomic mass is 10.2. The lowest BCUT2D eigenvalue weighted by Crippen LogP contribution is -2.39. The fourth-order valence-electron chi connectivity index (χ4n) is 3.32. The summed E-state index contributed by atoms with van der Waals surface area (Å²) in [4.78, 5) is 22.2. The molecule has 164 valence electrons. The zero-order chi connectivity index (χ0) is 21.0. The number of benzene rings is 1. The molecular formula is C22H30ClN3O3S. The van der Waals surface area contributed by atoms with E-state index < -0.39 is 0 Å². The number of anilines is 1. The summed E-state index contributed by atoms with van der Waals surface area (Å²) in [7, 11) is 0. The lowest BCUT2D eigenvalue weighted by Gasteiger charge is -2.24. The highest BCUT2D eigenvalue weighted by atomic mass is 35.5. The van der Waals surface area contributed by atoms with E-state index in [4.69, 9.17) is 14.1 Å². The van der Waals surface area contributed by atoms with Crippen molar-refractivity contribution in [2.45, 2.75) is 34.6 Å². The standard InChI is InChI=1S/C22H29N3O3S.ClH/c1-6-24(7-2)11-12-25(21(26)18-13-15(4)28-16(18)5)22-23-19-10-9-17(27-8-3)14-20(19)29-22;/h9-10,13-14H,6-8,11-12H2,1-5H3;1H. The Hall–Kier alpha value is -2.09. The van der Waals surface area contributed by atoms with Crippen molar-refractivity contribution in [3.8, 4) is 5.75 Å². The average molecular weight is 452 g/mol. The third-order valence-electron chi connectivity index (χ3n) is 4.94. The highest BCUT2D eigenvalue weighted by Gasteiger charge is 2.25. The number of thiazole rings is 1. The van der Waals surface area contributed by atoms with Crippen LogP contribution in [0.3, 0.4) is 0 Å². The third kappa shape index (κ3) is 5.33. The minimum Gasteiger partial charge on any atom is -0.494 e. The summed E-state index contributed by atoms with van der Waals surface area (Å²) in [5.74, 6) is 2.12. The zero-order valence-corrected chi connectivity index (χ0v) is 19.9. The van der Waals surface area contributed by atoms with E-state index in [0.29, 0.717) is 29.6 Å². The number of ether oxygens (including phenoxy) is 1. The van der Waals surface area contributed by atoms with Crippen LogP contribution in [-0.2, 0) is 0 Å². The molecule has 3 rings (SSSR count). The van der Waals surface area contributed by atoms with Gasteiger partial charge in [-0.25, -0.2) is 4.98 Å². The van der Waals surface area contributed by atoms with Crippen molar-refractivity contribution in [3.05, 3.63) is 41.3 Å². The average Bonchev–Trinajstić information content (AvgIpc) is 3.27. The normalized spacial score (nSPS) is 11.0. The van der Waals surface area contributed by atoms with E-state index in [2.05, 4.69) is 18.7 Å². The molecule has 0 saturated carbocycles. The van der Waals surface area contributed by atoms with Crippen LogP contribution in [0.2, 0.25) is 0 Å². The maximum Gasteiger partial charge on any atom is 0.263 e. The monoisotopic (exact) mass is 451 g/mol. The van der Waals surface area contributed by atoms with Gasteiger partial charge in [0.05, 0.1) is 22.4 Å². The number of likely N-dealkylation sites (N-methyl/N-ethyl adjacent to an activating group) is 1. The molecule has 8 heteroatoms. The van der Waals surface area contributed by atoms with Crippen molar-refractivity contribution in [3.63, 3.8) is 0 Å². The minimum atomic E-state index is -0.0735. The summed E-state index contributed by atoms with van der Waals surface area (Å²) in [5, 5.41) is 0.698. The largest absolute Gasteiger partial charge is 0.494 e. The van der Waals surface area contributed by atoms with Crippen molar-refractivity contribution in [1.29, 1.82) is 0 Å². The second kappa shape index (κ2) is 10.8. The molecule has 6 nitrogen and oxygen atoms in total. The fourth-order valence-corrected chi connectivity index (χ4v) is 4.34. The van der Waals surface area contributed by atoms with Crippen LogP contribution in [-0.4, -0.2) is 48.6 Å². The van der Waals surface area contributed by atoms with Crippen LogP contribution in [0.25, 0.3) is 10.2 Å². The van der Waals surface area contributed by atoms with Gasteiger partial charge < -0.3 is 14.1 Å². The van der Waals surface area contributed by atoms with Gasteiger partial charge in [0.25, 0.3) is 5.91 Å². The first kappa shape index (κ1) is 24.2. The summed E-state index contributed by atoms with van der Waals surface area (Å²) >= 11 is 1.51. The molecule has 0 bridgehead atoms. The Kier molecular flexibility index (Phi) is 8.70. The summed E-state index contributed by atoms with van der Waals surface area (Å²) in [6, 6.07) is 7.66. The quantitative estimate of drug-likeness (QED) is 0.441. The van der Waals surface area contributed by atoms with Gasteiger partial charge in [-0.2, -0.15) is 0 Å². The molecule has 3 aromatic rings. The Balaban J connectivity index is 0.00000320. The van der Waals surface area contributed by atoms with E-state index in [1.54, 1.807) is 4.90 Å². The Morgan fingerprint density at radius 2 is 1.87 bits per heavy atom. The predicted octanol–water partition coefficient (Wildman–Crippen LogP) is 5.32. The molecule has 0 fully saturated rings. The molecule has 0 saturated heterocycles. The summed E-state index contributed by atoms with van der Waals surface area (Å²) in [5.41, 5.74) is 1.46. The Bertz CT molecular complexity index is 981. The molecule has 0 N–H and O–H groups in total. The van der Waals surface area contributed by atoms with Gasteiger partial charge in [0.1, 0.15) is 17.3 Å². The molecule has 0 unspecified atom stereocenters. The van der Waals surface area contributed by atoms with Gasteiger partial charge in [-0.1, -0.05) is 25.2 Å². The smallest absolute Gasteiger partial charge is 0.263 e. The van der Waals surface area contributed by atoms with Gasteiger partial charge in [-0.15, -0.1) is 12.4 Å². The van der Waals surface area contributed by atoms with Gasteiger partial charge in [0.15, 0.2) is 5.13 Å². The zero-order valence-electron chi connectivity index (χ0n) is 18.2. The first-order chi connectivity index (χ1) is 14.0. The highest BCUT2D eigenvalue weighted by Crippen LogP contribution is 2.32. The van der Waals surface area contributed by atoms with Crippen LogP contribution in [0.5, 0.6) is 5.75 Å². The van der Waals surface area contributed by atoms with Crippen LogP contribution in [0.4, 0.5) is 5.13 Å². The van der Waals surface area contributed by atoms with E-state index in [9.17, 15) is 4.79 Å². The van der Waals surface area contributed by atoms with E-state index in [1.165, 1.54) is 11.3 Å². The molecule has 1 aromatic carbocycles. The molecular weight excluding hydrogens is 422 g/mol. The number of fused-ring (bicyclic) bond motifs is 1. The molecule has 0 spiro atoms. The molecule has 30 heavy (non-hydrogen) atoms. The Morgan fingerprint density at radius 1 is 1.13 bits per heavy atom. The number of furan rings is 1. The number of nitrogens with zero attached hydrogens (tertiary/aromatic N) is 3. The molecule has 0 aliphatic rings. The first-order valence-corrected chi connectivity index (χ1v) is 10.9. The van der Waals surface area contributed by atoms with Gasteiger partial charge >= 0.3 is 0 Å². The summed E-state index contributed by atoms with van der Waals surface area (Å²) in [6.45, 7) is 13.8. The number of halogens is 1. The molecule has 0 radical (unpaired) electrons. The van der Waals surface area contributed by atoms with E-state index >= 15 is 0 Å². The minimum absolute atomic E-state index is 0. The lowest BCUT2D eigenvalue weighted by molar-refractivity contribution is 0.0982. The molecule has 2 heterocycles. The molecule has 0 atom stereocenters. The number of hydrogen-bond acceptors (Lipinski definition) is 6. The molecule has 0 aliphatic carbocycles. The molecule has 2 aromatic heterocycles. The van der Waals surface area contributed by atoms with Crippen molar-refractivity contribution in [1.82, 2.24) is 9.88 Å². The summed E-state index contributed by atoms with van der Waals surface area (Å²) < 4.78 is 12.2. The molecule has 0 aliphatic heterocycles. The number of aryl methyl sites for hydroxylation is 2. The maximum atomic E-state index is 13.4. The highest BCUT2D eigenvalue weighted by molar-refractivity contribution is 7.22. The topological polar surface area (TPSA) is 58.8 Å². The maximum absolute atomic E-state index is 13.4. The fraction of sp³-hybridized carbons (Fsp3) is 0.455. The number of hydrogen-bond donors (Lipinski definition) is 0. The van der Waals surface area contributed by atoms with Gasteiger partial charge in [-0.3, -0.25) is 9.69 Å². The van der Waals surface area contributed by atoms with Crippen molar-refractivity contribution < 1.29 is 13.9 Å². The Labute approximate surface area is 188 Å². The number of rotatable bonds is 9. The first-order valence-electron chi connectivity index (χ1n) is 10.1. The summed E-state index contributed by atoms with van der Waals surface area (Å²) in [6.07, 6.45) is 0. The van der Waals surface area contributed by atoms with Crippen LogP contribution in [0.15, 0.2) is 28.7 Å². The van der Waals surface area contributed by atoms with Crippen LogP contribution in [0.1, 0.15) is 42.6 Å². The predicted molar refractivity (Wildman–Crippen MR) is 126 cm³/mol. The van der Waals surface area contributed by atoms with Crippen molar-refractivity contribution in [2.75, 3.05) is 37.7 Å². The SMILES string of the molecule is CCOc1ccc2nc(N(CCN(CC)CC)C(=O)c3cc(C)oc3C)sc2c1.Cl. The van der Waals surface area contributed by atoms with Crippen molar-refractivity contribution in [2.24, 2.45) is 0 Å². The number of amides is 1. The second-order valence-electron chi connectivity index (χ2n) is 6.87. The number of aromatic nitrogens is 1. The van der Waals surface area contributed by atoms with E-state index in [-0.39, 0.29) is 18.3 Å². The molecule has 1 amide bonds. The third-order valence-corrected chi connectivity index (χ3v) is 5.98. The van der Waals surface area contributed by atoms with Crippen LogP contribution in [0, 0.1) is 13.8 Å². The number of carbonyl (C=O) groups excluding carboxylic acids is 1. The number of carbonyl (C=O) groups is 1. The van der Waals surface area contributed by atoms with Crippen LogP contribution < -0.4 is 9.64 Å². The van der Waals surface area contributed by atoms with Gasteiger partial charge in [0, 0.05) is 13.1 Å². The van der Waals surface area contributed by atoms with E-state index in [0.717, 1.165) is 41.4 Å². The van der Waals surface area contributed by atoms with E-state index in [1.807, 2.05) is 45.0 Å². The van der Waals surface area contributed by atoms with Gasteiger partial charge in [-0.05, 0) is 58.1 Å². The van der Waals surface area contributed by atoms with Crippen LogP contribution >= 0.6 is 23.7 Å². The Morgan fingerprint density at radius 3 is 2.47 bits per heavy atom. The second-order valence-corrected chi connectivity index (χ2v) is 7.88.